The van der Waals surface area contributed by atoms with Gasteiger partial charge in [0, 0.05) is 23.5 Å². The largest absolute Gasteiger partial charge is 0.292 e. The molecule has 0 fully saturated rings. The van der Waals surface area contributed by atoms with Crippen LogP contribution in [0.2, 0.25) is 0 Å². The lowest BCUT2D eigenvalue weighted by molar-refractivity contribution is 0.0987. The molecule has 0 amide bonds. The van der Waals surface area contributed by atoms with Crippen LogP contribution in [0, 0.1) is 0 Å². The first-order valence-corrected chi connectivity index (χ1v) is 5.97. The highest BCUT2D eigenvalue weighted by atomic mass is 16.1. The second-order valence-corrected chi connectivity index (χ2v) is 4.19. The van der Waals surface area contributed by atoms with Crippen LogP contribution in [0.4, 0.5) is 0 Å². The number of aromatic nitrogens is 3. The molecule has 2 aromatic heterocycles. The van der Waals surface area contributed by atoms with Gasteiger partial charge in [0.25, 0.3) is 0 Å². The molecule has 4 nitrogen and oxygen atoms in total. The van der Waals surface area contributed by atoms with Gasteiger partial charge in [0.2, 0.25) is 0 Å². The van der Waals surface area contributed by atoms with E-state index in [-0.39, 0.29) is 12.2 Å². The molecule has 0 unspecified atom stereocenters. The number of hydrogen-bond acceptors (Lipinski definition) is 4. The Balaban J connectivity index is 1.87. The third-order valence-electron chi connectivity index (χ3n) is 2.85. The zero-order chi connectivity index (χ0) is 13.1. The summed E-state index contributed by atoms with van der Waals surface area (Å²) in [5.74, 6) is -0.0733. The van der Waals surface area contributed by atoms with Gasteiger partial charge in [-0.2, -0.15) is 0 Å². The third kappa shape index (κ3) is 2.47. The number of para-hydroxylation sites is 1. The van der Waals surface area contributed by atoms with E-state index >= 15 is 0 Å². The minimum absolute atomic E-state index is 0.0733. The van der Waals surface area contributed by atoms with Crippen molar-refractivity contribution in [2.75, 3.05) is 0 Å². The van der Waals surface area contributed by atoms with Crippen molar-refractivity contribution in [1.82, 2.24) is 15.0 Å². The first kappa shape index (κ1) is 11.5. The van der Waals surface area contributed by atoms with Gasteiger partial charge < -0.3 is 0 Å². The van der Waals surface area contributed by atoms with E-state index in [1.165, 1.54) is 12.4 Å². The lowest BCUT2D eigenvalue weighted by atomic mass is 10.1. The molecule has 0 spiro atoms. The molecule has 2 heterocycles. The number of carbonyl (C=O) groups is 1. The van der Waals surface area contributed by atoms with Crippen LogP contribution in [0.25, 0.3) is 10.9 Å². The molecular formula is C15H11N3O. The van der Waals surface area contributed by atoms with Crippen LogP contribution < -0.4 is 0 Å². The molecule has 0 N–H and O–H groups in total. The van der Waals surface area contributed by atoms with E-state index in [0.717, 1.165) is 16.6 Å². The Bertz CT molecular complexity index is 726. The quantitative estimate of drug-likeness (QED) is 0.669. The normalized spacial score (nSPS) is 10.5. The SMILES string of the molecule is O=C(Cc1ccc2ccccc2n1)c1cnccn1. The molecule has 4 heteroatoms. The van der Waals surface area contributed by atoms with Crippen molar-refractivity contribution in [2.45, 2.75) is 6.42 Å². The monoisotopic (exact) mass is 249 g/mol. The second kappa shape index (κ2) is 4.94. The summed E-state index contributed by atoms with van der Waals surface area (Å²) < 4.78 is 0. The fraction of sp³-hybridized carbons (Fsp3) is 0.0667. The molecule has 3 rings (SSSR count). The number of ketones is 1. The first-order chi connectivity index (χ1) is 9.33. The Morgan fingerprint density at radius 2 is 1.95 bits per heavy atom. The van der Waals surface area contributed by atoms with Crippen LogP contribution in [-0.2, 0) is 6.42 Å². The van der Waals surface area contributed by atoms with E-state index in [0.29, 0.717) is 5.69 Å². The highest BCUT2D eigenvalue weighted by molar-refractivity contribution is 5.95. The zero-order valence-electron chi connectivity index (χ0n) is 10.2. The molecule has 0 atom stereocenters. The predicted molar refractivity (Wildman–Crippen MR) is 71.8 cm³/mol. The summed E-state index contributed by atoms with van der Waals surface area (Å²) in [6, 6.07) is 11.7. The fourth-order valence-electron chi connectivity index (χ4n) is 1.90. The standard InChI is InChI=1S/C15H11N3O/c19-15(14-10-16-7-8-17-14)9-12-6-5-11-3-1-2-4-13(11)18-12/h1-8,10H,9H2. The number of hydrogen-bond donors (Lipinski definition) is 0. The van der Waals surface area contributed by atoms with E-state index < -0.39 is 0 Å². The average Bonchev–Trinajstić information content (AvgIpc) is 2.48. The Labute approximate surface area is 110 Å². The smallest absolute Gasteiger partial charge is 0.188 e. The Morgan fingerprint density at radius 1 is 1.05 bits per heavy atom. The van der Waals surface area contributed by atoms with E-state index in [2.05, 4.69) is 15.0 Å². The summed E-state index contributed by atoms with van der Waals surface area (Å²) >= 11 is 0. The molecule has 0 radical (unpaired) electrons. The number of carbonyl (C=O) groups excluding carboxylic acids is 1. The van der Waals surface area contributed by atoms with Gasteiger partial charge >= 0.3 is 0 Å². The van der Waals surface area contributed by atoms with Crippen LogP contribution in [0.15, 0.2) is 55.0 Å². The topological polar surface area (TPSA) is 55.7 Å². The van der Waals surface area contributed by atoms with Crippen molar-refractivity contribution in [3.63, 3.8) is 0 Å². The molecule has 0 bridgehead atoms. The molecule has 0 saturated heterocycles. The summed E-state index contributed by atoms with van der Waals surface area (Å²) in [6.45, 7) is 0. The van der Waals surface area contributed by atoms with Gasteiger partial charge in [-0.05, 0) is 12.1 Å². The molecule has 92 valence electrons. The molecule has 0 aliphatic carbocycles. The van der Waals surface area contributed by atoms with Gasteiger partial charge in [-0.1, -0.05) is 24.3 Å². The average molecular weight is 249 g/mol. The van der Waals surface area contributed by atoms with Crippen LogP contribution >= 0.6 is 0 Å². The van der Waals surface area contributed by atoms with E-state index in [4.69, 9.17) is 0 Å². The highest BCUT2D eigenvalue weighted by Gasteiger charge is 2.09. The number of Topliss-reactive ketones (excluding diaryl/α,β-unsaturated/α-hetero) is 1. The number of pyridine rings is 1. The van der Waals surface area contributed by atoms with Gasteiger partial charge in [-0.3, -0.25) is 14.8 Å². The van der Waals surface area contributed by atoms with E-state index in [1.807, 2.05) is 36.4 Å². The third-order valence-corrected chi connectivity index (χ3v) is 2.85. The molecule has 1 aromatic carbocycles. The van der Waals surface area contributed by atoms with Crippen molar-refractivity contribution in [3.8, 4) is 0 Å². The van der Waals surface area contributed by atoms with Crippen LogP contribution in [0.5, 0.6) is 0 Å². The molecule has 19 heavy (non-hydrogen) atoms. The Hall–Kier alpha value is -2.62. The summed E-state index contributed by atoms with van der Waals surface area (Å²) in [4.78, 5) is 24.4. The Kier molecular flexibility index (Phi) is 2.98. The minimum atomic E-state index is -0.0733. The molecule has 0 aliphatic rings. The number of fused-ring (bicyclic) bond motifs is 1. The fourth-order valence-corrected chi connectivity index (χ4v) is 1.90. The lowest BCUT2D eigenvalue weighted by Crippen LogP contribution is -2.07. The van der Waals surface area contributed by atoms with Gasteiger partial charge in [0.05, 0.1) is 18.1 Å². The second-order valence-electron chi connectivity index (χ2n) is 4.19. The Morgan fingerprint density at radius 3 is 2.79 bits per heavy atom. The van der Waals surface area contributed by atoms with Crippen molar-refractivity contribution in [1.29, 1.82) is 0 Å². The predicted octanol–water partition coefficient (Wildman–Crippen LogP) is 2.45. The molecule has 3 aromatic rings. The van der Waals surface area contributed by atoms with E-state index in [9.17, 15) is 4.79 Å². The van der Waals surface area contributed by atoms with Gasteiger partial charge in [-0.25, -0.2) is 4.98 Å². The van der Waals surface area contributed by atoms with Crippen molar-refractivity contribution >= 4 is 16.7 Å². The zero-order valence-corrected chi connectivity index (χ0v) is 10.2. The summed E-state index contributed by atoms with van der Waals surface area (Å²) in [6.07, 6.45) is 4.78. The van der Waals surface area contributed by atoms with Gasteiger partial charge in [0.1, 0.15) is 5.69 Å². The molecule has 0 saturated carbocycles. The first-order valence-electron chi connectivity index (χ1n) is 5.97. The van der Waals surface area contributed by atoms with Crippen molar-refractivity contribution in [3.05, 3.63) is 66.4 Å². The van der Waals surface area contributed by atoms with Crippen LogP contribution in [0.3, 0.4) is 0 Å². The highest BCUT2D eigenvalue weighted by Crippen LogP contribution is 2.12. The van der Waals surface area contributed by atoms with Crippen molar-refractivity contribution < 1.29 is 4.79 Å². The number of nitrogens with zero attached hydrogens (tertiary/aromatic N) is 3. The summed E-state index contributed by atoms with van der Waals surface area (Å²) in [7, 11) is 0. The maximum Gasteiger partial charge on any atom is 0.188 e. The summed E-state index contributed by atoms with van der Waals surface area (Å²) in [5, 5.41) is 1.07. The van der Waals surface area contributed by atoms with Crippen molar-refractivity contribution in [2.24, 2.45) is 0 Å². The lowest BCUT2D eigenvalue weighted by Gasteiger charge is -2.02. The molecular weight excluding hydrogens is 238 g/mol. The van der Waals surface area contributed by atoms with Gasteiger partial charge in [-0.15, -0.1) is 0 Å². The molecule has 0 aliphatic heterocycles. The number of benzene rings is 1. The van der Waals surface area contributed by atoms with Crippen LogP contribution in [0.1, 0.15) is 16.2 Å². The minimum Gasteiger partial charge on any atom is -0.292 e. The van der Waals surface area contributed by atoms with Crippen LogP contribution in [-0.4, -0.2) is 20.7 Å². The van der Waals surface area contributed by atoms with E-state index in [1.54, 1.807) is 6.20 Å². The summed E-state index contributed by atoms with van der Waals surface area (Å²) in [5.41, 5.74) is 2.01. The maximum absolute atomic E-state index is 12.0. The maximum atomic E-state index is 12.0. The number of rotatable bonds is 3. The van der Waals surface area contributed by atoms with Gasteiger partial charge in [0.15, 0.2) is 5.78 Å².